The largest absolute Gasteiger partial charge is 0.308 e. The van der Waals surface area contributed by atoms with E-state index in [0.29, 0.717) is 17.7 Å². The Hall–Kier alpha value is -2.69. The van der Waals surface area contributed by atoms with Gasteiger partial charge in [0.1, 0.15) is 0 Å². The Balaban J connectivity index is 2.51. The third kappa shape index (κ3) is 3.23. The summed E-state index contributed by atoms with van der Waals surface area (Å²) < 4.78 is 0. The minimum Gasteiger partial charge on any atom is -0.308 e. The normalized spacial score (nSPS) is 10.4. The smallest absolute Gasteiger partial charge is 0.273 e. The maximum Gasteiger partial charge on any atom is 0.273 e. The number of carbonyl (C=O) groups excluding carboxylic acids is 1. The third-order valence-electron chi connectivity index (χ3n) is 3.95. The second-order valence-corrected chi connectivity index (χ2v) is 5.55. The van der Waals surface area contributed by atoms with Crippen LogP contribution in [0.2, 0.25) is 0 Å². The number of rotatable bonds is 4. The van der Waals surface area contributed by atoms with E-state index in [0.717, 1.165) is 16.8 Å². The van der Waals surface area contributed by atoms with E-state index in [1.165, 1.54) is 6.07 Å². The zero-order valence-corrected chi connectivity index (χ0v) is 13.8. The molecular weight excluding hydrogens is 292 g/mol. The number of aryl methyl sites for hydroxylation is 2. The molecule has 2 aromatic carbocycles. The summed E-state index contributed by atoms with van der Waals surface area (Å²) in [5, 5.41) is 11.1. The fraction of sp³-hybridized carbons (Fsp3) is 0.278. The highest BCUT2D eigenvalue weighted by molar-refractivity contribution is 6.08. The van der Waals surface area contributed by atoms with Gasteiger partial charge in [-0.1, -0.05) is 18.2 Å². The maximum absolute atomic E-state index is 12.9. The van der Waals surface area contributed by atoms with Gasteiger partial charge in [-0.05, 0) is 51.0 Å². The van der Waals surface area contributed by atoms with E-state index in [4.69, 9.17) is 0 Å². The molecule has 1 amide bonds. The minimum absolute atomic E-state index is 0.0344. The summed E-state index contributed by atoms with van der Waals surface area (Å²) >= 11 is 0. The summed E-state index contributed by atoms with van der Waals surface area (Å²) in [6, 6.07) is 10.5. The third-order valence-corrected chi connectivity index (χ3v) is 3.95. The Kier molecular flexibility index (Phi) is 4.79. The van der Waals surface area contributed by atoms with Crippen LogP contribution in [0.5, 0.6) is 0 Å². The van der Waals surface area contributed by atoms with E-state index < -0.39 is 4.92 Å². The molecule has 0 fully saturated rings. The highest BCUT2D eigenvalue weighted by atomic mass is 16.6. The van der Waals surface area contributed by atoms with Crippen LogP contribution < -0.4 is 4.90 Å². The van der Waals surface area contributed by atoms with Gasteiger partial charge in [0.15, 0.2) is 0 Å². The summed E-state index contributed by atoms with van der Waals surface area (Å²) in [4.78, 5) is 25.2. The molecular formula is C18H20N2O3. The number of anilines is 1. The van der Waals surface area contributed by atoms with Gasteiger partial charge in [-0.3, -0.25) is 14.9 Å². The van der Waals surface area contributed by atoms with Crippen molar-refractivity contribution in [2.75, 3.05) is 11.4 Å². The zero-order chi connectivity index (χ0) is 17.1. The number of nitrogens with zero attached hydrogens (tertiary/aromatic N) is 2. The molecule has 0 aliphatic rings. The molecule has 2 rings (SSSR count). The minimum atomic E-state index is -0.458. The van der Waals surface area contributed by atoms with Crippen LogP contribution in [0.15, 0.2) is 36.4 Å². The van der Waals surface area contributed by atoms with E-state index in [9.17, 15) is 14.9 Å². The molecule has 23 heavy (non-hydrogen) atoms. The average molecular weight is 312 g/mol. The molecule has 0 heterocycles. The molecule has 0 bridgehead atoms. The fourth-order valence-electron chi connectivity index (χ4n) is 2.63. The van der Waals surface area contributed by atoms with Gasteiger partial charge >= 0.3 is 0 Å². The number of hydrogen-bond acceptors (Lipinski definition) is 3. The van der Waals surface area contributed by atoms with E-state index >= 15 is 0 Å². The first-order valence-corrected chi connectivity index (χ1v) is 7.50. The maximum atomic E-state index is 12.9. The van der Waals surface area contributed by atoms with Crippen LogP contribution in [0.4, 0.5) is 11.4 Å². The molecule has 0 aromatic heterocycles. The van der Waals surface area contributed by atoms with Crippen LogP contribution in [0, 0.1) is 30.9 Å². The number of hydrogen-bond donors (Lipinski definition) is 0. The second kappa shape index (κ2) is 6.60. The first-order valence-electron chi connectivity index (χ1n) is 7.50. The summed E-state index contributed by atoms with van der Waals surface area (Å²) in [6.07, 6.45) is 0. The van der Waals surface area contributed by atoms with Crippen LogP contribution in [0.3, 0.4) is 0 Å². The van der Waals surface area contributed by atoms with Gasteiger partial charge < -0.3 is 4.90 Å². The monoisotopic (exact) mass is 312 g/mol. The average Bonchev–Trinajstić information content (AvgIpc) is 2.51. The van der Waals surface area contributed by atoms with Crippen molar-refractivity contribution in [3.8, 4) is 0 Å². The molecule has 2 aromatic rings. The van der Waals surface area contributed by atoms with Crippen molar-refractivity contribution in [3.63, 3.8) is 0 Å². The molecule has 5 heteroatoms. The van der Waals surface area contributed by atoms with E-state index in [1.54, 1.807) is 24.0 Å². The number of benzene rings is 2. The Morgan fingerprint density at radius 1 is 1.17 bits per heavy atom. The second-order valence-electron chi connectivity index (χ2n) is 5.55. The summed E-state index contributed by atoms with van der Waals surface area (Å²) in [5.74, 6) is -0.220. The van der Waals surface area contributed by atoms with Gasteiger partial charge in [-0.2, -0.15) is 0 Å². The standard InChI is InChI=1S/C18H20N2O3/c1-5-19(17-11-12(2)9-10-13(17)3)18(21)15-7-6-8-16(14(15)4)20(22)23/h6-11H,5H2,1-4H3. The van der Waals surface area contributed by atoms with Gasteiger partial charge in [0.25, 0.3) is 11.6 Å². The van der Waals surface area contributed by atoms with E-state index in [2.05, 4.69) is 0 Å². The van der Waals surface area contributed by atoms with Crippen LogP contribution in [-0.2, 0) is 0 Å². The van der Waals surface area contributed by atoms with E-state index in [1.807, 2.05) is 39.0 Å². The molecule has 0 radical (unpaired) electrons. The van der Waals surface area contributed by atoms with Crippen LogP contribution in [0.1, 0.15) is 34.0 Å². The SMILES string of the molecule is CCN(C(=O)c1cccc([N+](=O)[O-])c1C)c1cc(C)ccc1C. The van der Waals surface area contributed by atoms with Crippen molar-refractivity contribution in [2.24, 2.45) is 0 Å². The van der Waals surface area contributed by atoms with Gasteiger partial charge in [0.2, 0.25) is 0 Å². The molecule has 120 valence electrons. The molecule has 0 aliphatic heterocycles. The highest BCUT2D eigenvalue weighted by Crippen LogP contribution is 2.27. The Morgan fingerprint density at radius 3 is 2.48 bits per heavy atom. The van der Waals surface area contributed by atoms with Crippen molar-refractivity contribution in [1.82, 2.24) is 0 Å². The predicted molar refractivity (Wildman–Crippen MR) is 91.1 cm³/mol. The topological polar surface area (TPSA) is 63.5 Å². The lowest BCUT2D eigenvalue weighted by atomic mass is 10.0. The van der Waals surface area contributed by atoms with E-state index in [-0.39, 0.29) is 11.6 Å². The van der Waals surface area contributed by atoms with Crippen molar-refractivity contribution in [1.29, 1.82) is 0 Å². The molecule has 0 atom stereocenters. The molecule has 5 nitrogen and oxygen atoms in total. The lowest BCUT2D eigenvalue weighted by Crippen LogP contribution is -2.32. The number of carbonyl (C=O) groups is 1. The summed E-state index contributed by atoms with van der Waals surface area (Å²) in [6.45, 7) is 7.92. The summed E-state index contributed by atoms with van der Waals surface area (Å²) in [7, 11) is 0. The molecule has 0 saturated heterocycles. The lowest BCUT2D eigenvalue weighted by molar-refractivity contribution is -0.385. The predicted octanol–water partition coefficient (Wildman–Crippen LogP) is 4.19. The molecule has 0 N–H and O–H groups in total. The molecule has 0 unspecified atom stereocenters. The van der Waals surface area contributed by atoms with Gasteiger partial charge in [-0.25, -0.2) is 0 Å². The van der Waals surface area contributed by atoms with Crippen molar-refractivity contribution in [3.05, 3.63) is 68.8 Å². The number of nitro groups is 1. The highest BCUT2D eigenvalue weighted by Gasteiger charge is 2.23. The first-order chi connectivity index (χ1) is 10.9. The van der Waals surface area contributed by atoms with Gasteiger partial charge in [0, 0.05) is 29.4 Å². The van der Waals surface area contributed by atoms with Crippen LogP contribution in [-0.4, -0.2) is 17.4 Å². The van der Waals surface area contributed by atoms with Crippen molar-refractivity contribution < 1.29 is 9.72 Å². The van der Waals surface area contributed by atoms with Crippen LogP contribution in [0.25, 0.3) is 0 Å². The van der Waals surface area contributed by atoms with Crippen molar-refractivity contribution >= 4 is 17.3 Å². The molecule has 0 aliphatic carbocycles. The Bertz CT molecular complexity index is 769. The zero-order valence-electron chi connectivity index (χ0n) is 13.8. The number of amides is 1. The fourth-order valence-corrected chi connectivity index (χ4v) is 2.63. The first kappa shape index (κ1) is 16.7. The van der Waals surface area contributed by atoms with Gasteiger partial charge in [0.05, 0.1) is 4.92 Å². The Labute approximate surface area is 135 Å². The quantitative estimate of drug-likeness (QED) is 0.628. The van der Waals surface area contributed by atoms with Crippen molar-refractivity contribution in [2.45, 2.75) is 27.7 Å². The summed E-state index contributed by atoms with van der Waals surface area (Å²) in [5.41, 5.74) is 3.62. The molecule has 0 spiro atoms. The Morgan fingerprint density at radius 2 is 1.87 bits per heavy atom. The lowest BCUT2D eigenvalue weighted by Gasteiger charge is -2.24. The number of nitro benzene ring substituents is 1. The van der Waals surface area contributed by atoms with Crippen LogP contribution >= 0.6 is 0 Å². The molecule has 0 saturated carbocycles. The van der Waals surface area contributed by atoms with Gasteiger partial charge in [-0.15, -0.1) is 0 Å².